The van der Waals surface area contributed by atoms with Gasteiger partial charge in [0, 0.05) is 6.10 Å². The minimum absolute atomic E-state index is 0.165. The van der Waals surface area contributed by atoms with E-state index in [1.165, 1.54) is 6.42 Å². The molecule has 3 atom stereocenters. The van der Waals surface area contributed by atoms with Gasteiger partial charge in [0.15, 0.2) is 0 Å². The van der Waals surface area contributed by atoms with Gasteiger partial charge in [0.1, 0.15) is 0 Å². The van der Waals surface area contributed by atoms with E-state index < -0.39 is 0 Å². The van der Waals surface area contributed by atoms with Crippen molar-refractivity contribution in [3.8, 4) is 0 Å². The van der Waals surface area contributed by atoms with Crippen LogP contribution < -0.4 is 0 Å². The molecule has 1 N–H and O–H groups in total. The quantitative estimate of drug-likeness (QED) is 0.470. The third kappa shape index (κ3) is 6.01. The molecule has 88 valence electrons. The van der Waals surface area contributed by atoms with Gasteiger partial charge in [0.2, 0.25) is 0 Å². The van der Waals surface area contributed by atoms with Crippen molar-refractivity contribution in [3.63, 3.8) is 0 Å². The summed E-state index contributed by atoms with van der Waals surface area (Å²) in [5, 5.41) is 8.83. The van der Waals surface area contributed by atoms with Crippen molar-refractivity contribution in [2.75, 3.05) is 0 Å². The molecule has 15 heavy (non-hydrogen) atoms. The fraction of sp³-hybridized carbons (Fsp3) is 0.833. The lowest BCUT2D eigenvalue weighted by atomic mass is 9.86. The van der Waals surface area contributed by atoms with Crippen molar-refractivity contribution in [2.45, 2.75) is 52.6 Å². The Morgan fingerprint density at radius 3 is 2.53 bits per heavy atom. The van der Waals surface area contributed by atoms with Crippen LogP contribution >= 0.6 is 0 Å². The number of hydrogen-bond acceptors (Lipinski definition) is 2. The highest BCUT2D eigenvalue weighted by molar-refractivity contribution is 6.15. The van der Waals surface area contributed by atoms with Gasteiger partial charge in [-0.2, -0.15) is 0 Å². The van der Waals surface area contributed by atoms with Gasteiger partial charge in [-0.3, -0.25) is 0 Å². The Balaban J connectivity index is 4.25. The van der Waals surface area contributed by atoms with Crippen molar-refractivity contribution in [3.05, 3.63) is 12.7 Å². The first-order valence-corrected chi connectivity index (χ1v) is 6.04. The van der Waals surface area contributed by atoms with Crippen molar-refractivity contribution in [1.82, 2.24) is 0 Å². The molecule has 0 rings (SSSR count). The van der Waals surface area contributed by atoms with E-state index in [1.807, 2.05) is 6.08 Å². The normalized spacial score (nSPS) is 16.8. The fourth-order valence-electron chi connectivity index (χ4n) is 2.08. The average Bonchev–Trinajstić information content (AvgIpc) is 2.25. The summed E-state index contributed by atoms with van der Waals surface area (Å²) in [5.74, 6) is 1.07. The molecular formula is C12H25BO2. The van der Waals surface area contributed by atoms with Crippen LogP contribution in [0.15, 0.2) is 12.7 Å². The molecule has 0 fully saturated rings. The predicted molar refractivity (Wildman–Crippen MR) is 66.9 cm³/mol. The Morgan fingerprint density at radius 2 is 2.13 bits per heavy atom. The summed E-state index contributed by atoms with van der Waals surface area (Å²) in [4.78, 5) is 0. The first-order valence-electron chi connectivity index (χ1n) is 6.04. The van der Waals surface area contributed by atoms with Crippen LogP contribution in [0.2, 0.25) is 0 Å². The van der Waals surface area contributed by atoms with Gasteiger partial charge in [-0.05, 0) is 31.1 Å². The monoisotopic (exact) mass is 212 g/mol. The van der Waals surface area contributed by atoms with Gasteiger partial charge in [-0.25, -0.2) is 0 Å². The summed E-state index contributed by atoms with van der Waals surface area (Å²) >= 11 is 0. The number of allylic oxidation sites excluding steroid dienone is 1. The van der Waals surface area contributed by atoms with E-state index >= 15 is 0 Å². The standard InChI is InChI=1S/C12H25BO2/c1-5-8-11(9-10(4)6-2)12(7-3)15-13-14/h6,10-14H,2,5,7-9H2,1,3-4H3. The van der Waals surface area contributed by atoms with Crippen LogP contribution in [0.3, 0.4) is 0 Å². The molecule has 0 spiro atoms. The maximum Gasteiger partial charge on any atom is 0.435 e. The Labute approximate surface area is 95.0 Å². The van der Waals surface area contributed by atoms with E-state index in [9.17, 15) is 0 Å². The van der Waals surface area contributed by atoms with Crippen molar-refractivity contribution in [2.24, 2.45) is 11.8 Å². The zero-order valence-corrected chi connectivity index (χ0v) is 10.4. The largest absolute Gasteiger partial charge is 0.435 e. The molecule has 0 saturated carbocycles. The van der Waals surface area contributed by atoms with Gasteiger partial charge in [0.05, 0.1) is 0 Å². The van der Waals surface area contributed by atoms with Crippen molar-refractivity contribution in [1.29, 1.82) is 0 Å². The highest BCUT2D eigenvalue weighted by atomic mass is 16.5. The topological polar surface area (TPSA) is 29.5 Å². The number of rotatable bonds is 9. The SMILES string of the molecule is C=CC(C)CC(CCC)C(CC)OBO. The first-order chi connectivity index (χ1) is 7.19. The van der Waals surface area contributed by atoms with E-state index in [0.717, 1.165) is 19.3 Å². The highest BCUT2D eigenvalue weighted by Crippen LogP contribution is 2.25. The molecule has 0 aliphatic rings. The second-order valence-corrected chi connectivity index (χ2v) is 4.24. The third-order valence-corrected chi connectivity index (χ3v) is 2.95. The molecule has 0 aromatic carbocycles. The lowest BCUT2D eigenvalue weighted by Crippen LogP contribution is -2.26. The van der Waals surface area contributed by atoms with Crippen molar-refractivity contribution >= 4 is 7.69 Å². The summed E-state index contributed by atoms with van der Waals surface area (Å²) in [6.45, 7) is 10.3. The number of hydrogen-bond donors (Lipinski definition) is 1. The van der Waals surface area contributed by atoms with Gasteiger partial charge in [0.25, 0.3) is 0 Å². The average molecular weight is 212 g/mol. The molecular weight excluding hydrogens is 187 g/mol. The molecule has 0 saturated heterocycles. The summed E-state index contributed by atoms with van der Waals surface area (Å²) in [7, 11) is -0.165. The van der Waals surface area contributed by atoms with Gasteiger partial charge in [-0.1, -0.05) is 33.3 Å². The maximum absolute atomic E-state index is 8.83. The Kier molecular flexibility index (Phi) is 8.82. The highest BCUT2D eigenvalue weighted by Gasteiger charge is 2.20. The zero-order chi connectivity index (χ0) is 11.7. The molecule has 0 aromatic rings. The van der Waals surface area contributed by atoms with Crippen LogP contribution in [-0.2, 0) is 4.65 Å². The molecule has 3 unspecified atom stereocenters. The van der Waals surface area contributed by atoms with E-state index in [1.54, 1.807) is 0 Å². The molecule has 0 aliphatic heterocycles. The second-order valence-electron chi connectivity index (χ2n) is 4.24. The lowest BCUT2D eigenvalue weighted by molar-refractivity contribution is 0.0995. The molecule has 0 amide bonds. The molecule has 0 aromatic heterocycles. The van der Waals surface area contributed by atoms with Crippen LogP contribution in [0.1, 0.15) is 46.5 Å². The molecule has 0 bridgehead atoms. The summed E-state index contributed by atoms with van der Waals surface area (Å²) in [6, 6.07) is 0. The first kappa shape index (κ1) is 14.7. The van der Waals surface area contributed by atoms with Crippen LogP contribution in [0.25, 0.3) is 0 Å². The minimum atomic E-state index is -0.165. The van der Waals surface area contributed by atoms with E-state index in [4.69, 9.17) is 9.68 Å². The van der Waals surface area contributed by atoms with Gasteiger partial charge < -0.3 is 9.68 Å². The summed E-state index contributed by atoms with van der Waals surface area (Å²) < 4.78 is 5.37. The zero-order valence-electron chi connectivity index (χ0n) is 10.4. The van der Waals surface area contributed by atoms with E-state index in [-0.39, 0.29) is 13.8 Å². The fourth-order valence-corrected chi connectivity index (χ4v) is 2.08. The van der Waals surface area contributed by atoms with Crippen LogP contribution in [0.4, 0.5) is 0 Å². The molecule has 2 nitrogen and oxygen atoms in total. The summed E-state index contributed by atoms with van der Waals surface area (Å²) in [5.41, 5.74) is 0. The van der Waals surface area contributed by atoms with Crippen LogP contribution in [0, 0.1) is 11.8 Å². The van der Waals surface area contributed by atoms with Gasteiger partial charge >= 0.3 is 7.69 Å². The van der Waals surface area contributed by atoms with Crippen molar-refractivity contribution < 1.29 is 9.68 Å². The Bertz CT molecular complexity index is 162. The van der Waals surface area contributed by atoms with Crippen LogP contribution in [0.5, 0.6) is 0 Å². The molecule has 0 radical (unpaired) electrons. The third-order valence-electron chi connectivity index (χ3n) is 2.95. The molecule has 0 aliphatic carbocycles. The van der Waals surface area contributed by atoms with E-state index in [2.05, 4.69) is 27.4 Å². The second kappa shape index (κ2) is 8.99. The minimum Gasteiger partial charge on any atom is -0.430 e. The summed E-state index contributed by atoms with van der Waals surface area (Å²) in [6.07, 6.45) is 6.59. The Hall–Kier alpha value is -0.275. The maximum atomic E-state index is 8.83. The van der Waals surface area contributed by atoms with Crippen LogP contribution in [-0.4, -0.2) is 18.8 Å². The van der Waals surface area contributed by atoms with E-state index in [0.29, 0.717) is 11.8 Å². The van der Waals surface area contributed by atoms with Gasteiger partial charge in [-0.15, -0.1) is 6.58 Å². The molecule has 0 heterocycles. The molecule has 3 heteroatoms. The predicted octanol–water partition coefficient (Wildman–Crippen LogP) is 2.67. The lowest BCUT2D eigenvalue weighted by Gasteiger charge is -2.27. The Morgan fingerprint density at radius 1 is 1.47 bits per heavy atom. The smallest absolute Gasteiger partial charge is 0.430 e.